The molecular weight excluding hydrogens is 412 g/mol. The van der Waals surface area contributed by atoms with E-state index in [0.29, 0.717) is 12.0 Å². The van der Waals surface area contributed by atoms with Gasteiger partial charge in [-0.2, -0.15) is 0 Å². The fourth-order valence-electron chi connectivity index (χ4n) is 5.47. The van der Waals surface area contributed by atoms with Crippen LogP contribution < -0.4 is 0 Å². The van der Waals surface area contributed by atoms with Crippen LogP contribution in [0.5, 0.6) is 0 Å². The minimum absolute atomic E-state index is 0.576. The number of hydrogen-bond acceptors (Lipinski definition) is 1. The minimum atomic E-state index is 0.576. The Morgan fingerprint density at radius 2 is 1.18 bits per heavy atom. The van der Waals surface area contributed by atoms with Crippen LogP contribution in [0.1, 0.15) is 141 Å². The Bertz CT molecular complexity index is 664. The van der Waals surface area contributed by atoms with Crippen molar-refractivity contribution in [2.45, 2.75) is 142 Å². The van der Waals surface area contributed by atoms with Gasteiger partial charge in [0.1, 0.15) is 0 Å². The summed E-state index contributed by atoms with van der Waals surface area (Å²) in [7, 11) is 0. The summed E-state index contributed by atoms with van der Waals surface area (Å²) in [5.74, 6) is 0.696. The normalized spacial score (nSPS) is 13.2. The highest BCUT2D eigenvalue weighted by molar-refractivity contribution is 5.15. The molecule has 0 saturated carbocycles. The summed E-state index contributed by atoms with van der Waals surface area (Å²) in [6.07, 6.45) is 32.4. The van der Waals surface area contributed by atoms with Crippen molar-refractivity contribution in [1.82, 2.24) is 9.55 Å². The summed E-state index contributed by atoms with van der Waals surface area (Å²) >= 11 is 0. The maximum Gasteiger partial charge on any atom is 0.0948 e. The van der Waals surface area contributed by atoms with Gasteiger partial charge in [0.2, 0.25) is 0 Å². The maximum absolute atomic E-state index is 4.42. The number of aromatic nitrogens is 2. The third-order valence-electron chi connectivity index (χ3n) is 7.57. The first kappa shape index (κ1) is 28.7. The Hall–Kier alpha value is -1.57. The Morgan fingerprint density at radius 3 is 1.71 bits per heavy atom. The average Bonchev–Trinajstić information content (AvgIpc) is 3.39. The van der Waals surface area contributed by atoms with E-state index in [1.165, 1.54) is 128 Å². The van der Waals surface area contributed by atoms with Gasteiger partial charge in [-0.3, -0.25) is 0 Å². The lowest BCUT2D eigenvalue weighted by atomic mass is 9.84. The first-order valence-electron chi connectivity index (χ1n) is 14.9. The van der Waals surface area contributed by atoms with E-state index in [1.807, 2.05) is 6.20 Å². The van der Waals surface area contributed by atoms with Crippen molar-refractivity contribution in [3.63, 3.8) is 0 Å². The molecular formula is C32H54N2. The summed E-state index contributed by atoms with van der Waals surface area (Å²) in [6, 6.07) is 11.8. The number of rotatable bonds is 22. The second kappa shape index (κ2) is 19.7. The quantitative estimate of drug-likeness (QED) is 0.158. The number of benzene rings is 1. The van der Waals surface area contributed by atoms with Crippen LogP contribution in [0.25, 0.3) is 0 Å². The van der Waals surface area contributed by atoms with Crippen molar-refractivity contribution in [3.05, 3.63) is 54.6 Å². The lowest BCUT2D eigenvalue weighted by molar-refractivity contribution is 0.275. The van der Waals surface area contributed by atoms with Crippen LogP contribution in [0.2, 0.25) is 0 Å². The number of imidazole rings is 1. The number of unbranched alkanes of at least 4 members (excludes halogenated alkanes) is 14. The van der Waals surface area contributed by atoms with Crippen LogP contribution in [0.3, 0.4) is 0 Å². The molecule has 0 spiro atoms. The van der Waals surface area contributed by atoms with Crippen molar-refractivity contribution in [1.29, 1.82) is 0 Å². The van der Waals surface area contributed by atoms with Gasteiger partial charge in [0.05, 0.1) is 6.33 Å². The van der Waals surface area contributed by atoms with Crippen LogP contribution in [-0.2, 0) is 6.42 Å². The Labute approximate surface area is 212 Å². The zero-order chi connectivity index (χ0) is 24.1. The van der Waals surface area contributed by atoms with Gasteiger partial charge in [0.15, 0.2) is 0 Å². The third kappa shape index (κ3) is 12.8. The topological polar surface area (TPSA) is 17.8 Å². The van der Waals surface area contributed by atoms with E-state index in [9.17, 15) is 0 Å². The molecule has 2 heteroatoms. The molecule has 0 aliphatic carbocycles. The van der Waals surface area contributed by atoms with E-state index >= 15 is 0 Å². The van der Waals surface area contributed by atoms with Gasteiger partial charge in [0, 0.05) is 18.4 Å². The van der Waals surface area contributed by atoms with E-state index < -0.39 is 0 Å². The average molecular weight is 467 g/mol. The van der Waals surface area contributed by atoms with Crippen molar-refractivity contribution in [2.75, 3.05) is 0 Å². The molecule has 2 aromatic rings. The zero-order valence-electron chi connectivity index (χ0n) is 22.6. The van der Waals surface area contributed by atoms with Crippen LogP contribution in [0.4, 0.5) is 0 Å². The Morgan fingerprint density at radius 1 is 0.647 bits per heavy atom. The highest BCUT2D eigenvalue weighted by atomic mass is 15.1. The molecule has 192 valence electrons. The highest BCUT2D eigenvalue weighted by Gasteiger charge is 2.23. The van der Waals surface area contributed by atoms with Crippen LogP contribution in [-0.4, -0.2) is 9.55 Å². The van der Waals surface area contributed by atoms with E-state index in [2.05, 4.69) is 66.3 Å². The second-order valence-electron chi connectivity index (χ2n) is 10.6. The fourth-order valence-corrected chi connectivity index (χ4v) is 5.47. The standard InChI is InChI=1S/C32H54N2/c1-3-5-7-9-11-12-13-14-16-21-25-32(34-27-26-33-29-34)31(24-20-15-10-8-6-4-2)28-30-22-18-17-19-23-30/h17-19,22-23,26-27,29,31-32H,3-16,20-21,24-25,28H2,1-2H3. The van der Waals surface area contributed by atoms with Gasteiger partial charge in [-0.1, -0.05) is 147 Å². The van der Waals surface area contributed by atoms with E-state index in [1.54, 1.807) is 0 Å². The summed E-state index contributed by atoms with van der Waals surface area (Å²) in [5.41, 5.74) is 1.49. The van der Waals surface area contributed by atoms with Crippen LogP contribution in [0.15, 0.2) is 49.1 Å². The lowest BCUT2D eigenvalue weighted by Gasteiger charge is -2.29. The number of nitrogens with zero attached hydrogens (tertiary/aromatic N) is 2. The molecule has 0 aliphatic rings. The molecule has 2 unspecified atom stereocenters. The summed E-state index contributed by atoms with van der Waals surface area (Å²) in [4.78, 5) is 4.42. The van der Waals surface area contributed by atoms with Crippen molar-refractivity contribution < 1.29 is 0 Å². The molecule has 1 aromatic heterocycles. The van der Waals surface area contributed by atoms with Crippen molar-refractivity contribution >= 4 is 0 Å². The molecule has 0 bridgehead atoms. The molecule has 2 atom stereocenters. The van der Waals surface area contributed by atoms with E-state index in [0.717, 1.165) is 0 Å². The smallest absolute Gasteiger partial charge is 0.0948 e. The van der Waals surface area contributed by atoms with Gasteiger partial charge in [-0.05, 0) is 30.7 Å². The van der Waals surface area contributed by atoms with Crippen LogP contribution >= 0.6 is 0 Å². The first-order valence-corrected chi connectivity index (χ1v) is 14.9. The van der Waals surface area contributed by atoms with Crippen LogP contribution in [0, 0.1) is 5.92 Å². The minimum Gasteiger partial charge on any atom is -0.334 e. The Kier molecular flexibility index (Phi) is 16.6. The molecule has 0 N–H and O–H groups in total. The molecule has 0 radical (unpaired) electrons. The summed E-state index contributed by atoms with van der Waals surface area (Å²) < 4.78 is 2.43. The van der Waals surface area contributed by atoms with Gasteiger partial charge in [-0.25, -0.2) is 4.98 Å². The fraction of sp³-hybridized carbons (Fsp3) is 0.719. The molecule has 0 amide bonds. The predicted molar refractivity (Wildman–Crippen MR) is 149 cm³/mol. The summed E-state index contributed by atoms with van der Waals surface area (Å²) in [6.45, 7) is 4.61. The third-order valence-corrected chi connectivity index (χ3v) is 7.57. The molecule has 0 fully saturated rings. The molecule has 2 nitrogen and oxygen atoms in total. The van der Waals surface area contributed by atoms with Gasteiger partial charge in [-0.15, -0.1) is 0 Å². The summed E-state index contributed by atoms with van der Waals surface area (Å²) in [5, 5.41) is 0. The zero-order valence-corrected chi connectivity index (χ0v) is 22.6. The molecule has 1 aromatic carbocycles. The second-order valence-corrected chi connectivity index (χ2v) is 10.6. The monoisotopic (exact) mass is 466 g/mol. The van der Waals surface area contributed by atoms with Crippen molar-refractivity contribution in [2.24, 2.45) is 5.92 Å². The largest absolute Gasteiger partial charge is 0.334 e. The van der Waals surface area contributed by atoms with E-state index in [-0.39, 0.29) is 0 Å². The predicted octanol–water partition coefficient (Wildman–Crippen LogP) is 10.3. The molecule has 2 rings (SSSR count). The molecule has 34 heavy (non-hydrogen) atoms. The Balaban J connectivity index is 1.84. The molecule has 0 saturated heterocycles. The number of hydrogen-bond donors (Lipinski definition) is 0. The lowest BCUT2D eigenvalue weighted by Crippen LogP contribution is -2.21. The van der Waals surface area contributed by atoms with Gasteiger partial charge < -0.3 is 4.57 Å². The highest BCUT2D eigenvalue weighted by Crippen LogP contribution is 2.32. The van der Waals surface area contributed by atoms with Gasteiger partial charge >= 0.3 is 0 Å². The maximum atomic E-state index is 4.42. The first-order chi connectivity index (χ1) is 16.8. The van der Waals surface area contributed by atoms with Crippen molar-refractivity contribution in [3.8, 4) is 0 Å². The SMILES string of the molecule is CCCCCCCCCCCCC(C(CCCCCCCC)Cc1ccccc1)n1ccnc1. The van der Waals surface area contributed by atoms with Gasteiger partial charge in [0.25, 0.3) is 0 Å². The molecule has 0 aliphatic heterocycles. The van der Waals surface area contributed by atoms with E-state index in [4.69, 9.17) is 0 Å². The molecule has 1 heterocycles.